The first-order chi connectivity index (χ1) is 10.2. The van der Waals surface area contributed by atoms with E-state index < -0.39 is 9.84 Å². The van der Waals surface area contributed by atoms with E-state index in [1.54, 1.807) is 7.05 Å². The van der Waals surface area contributed by atoms with E-state index in [0.29, 0.717) is 23.4 Å². The van der Waals surface area contributed by atoms with Crippen LogP contribution in [0.15, 0.2) is 27.7 Å². The van der Waals surface area contributed by atoms with Gasteiger partial charge in [0.1, 0.15) is 15.7 Å². The largest absolute Gasteiger partial charge is 0.354 e. The van der Waals surface area contributed by atoms with Crippen LogP contribution in [-0.4, -0.2) is 39.5 Å². The lowest BCUT2D eigenvalue weighted by molar-refractivity contribution is 0.581. The molecule has 0 saturated carbocycles. The highest BCUT2D eigenvalue weighted by atomic mass is 79.9. The normalized spacial score (nSPS) is 13.8. The van der Waals surface area contributed by atoms with Gasteiger partial charge in [-0.1, -0.05) is 15.9 Å². The third-order valence-corrected chi connectivity index (χ3v) is 4.35. The van der Waals surface area contributed by atoms with Crippen molar-refractivity contribution in [1.82, 2.24) is 10.6 Å². The summed E-state index contributed by atoms with van der Waals surface area (Å²) in [5.41, 5.74) is 0.776. The first kappa shape index (κ1) is 18.9. The van der Waals surface area contributed by atoms with Crippen LogP contribution in [0.1, 0.15) is 18.9 Å². The fraction of sp³-hybridized carbons (Fsp3) is 0.500. The van der Waals surface area contributed by atoms with Gasteiger partial charge in [0, 0.05) is 30.4 Å². The monoisotopic (exact) mass is 393 g/mol. The molecule has 1 aromatic carbocycles. The second-order valence-electron chi connectivity index (χ2n) is 5.17. The molecule has 0 saturated heterocycles. The summed E-state index contributed by atoms with van der Waals surface area (Å²) in [7, 11) is -1.35. The van der Waals surface area contributed by atoms with Gasteiger partial charge in [0.15, 0.2) is 5.96 Å². The molecule has 0 amide bonds. The summed E-state index contributed by atoms with van der Waals surface area (Å²) < 4.78 is 36.3. The Labute approximate surface area is 139 Å². The van der Waals surface area contributed by atoms with Crippen molar-refractivity contribution in [1.29, 1.82) is 0 Å². The molecule has 5 nitrogen and oxygen atoms in total. The molecular weight excluding hydrogens is 373 g/mol. The summed E-state index contributed by atoms with van der Waals surface area (Å²) >= 11 is 3.25. The second-order valence-corrected chi connectivity index (χ2v) is 8.34. The molecule has 0 fully saturated rings. The van der Waals surface area contributed by atoms with Gasteiger partial charge in [-0.3, -0.25) is 4.99 Å². The second kappa shape index (κ2) is 8.47. The summed E-state index contributed by atoms with van der Waals surface area (Å²) in [4.78, 5) is 4.07. The van der Waals surface area contributed by atoms with Crippen molar-refractivity contribution in [2.24, 2.45) is 4.99 Å². The topological polar surface area (TPSA) is 70.6 Å². The number of aliphatic imine (C=N–C) groups is 1. The van der Waals surface area contributed by atoms with Crippen LogP contribution < -0.4 is 10.6 Å². The molecule has 8 heteroatoms. The van der Waals surface area contributed by atoms with Crippen LogP contribution >= 0.6 is 15.9 Å². The van der Waals surface area contributed by atoms with E-state index in [9.17, 15) is 12.8 Å². The van der Waals surface area contributed by atoms with Gasteiger partial charge in [-0.25, -0.2) is 12.8 Å². The quantitative estimate of drug-likeness (QED) is 0.573. The van der Waals surface area contributed by atoms with E-state index in [2.05, 4.69) is 31.6 Å². The highest BCUT2D eigenvalue weighted by Crippen LogP contribution is 2.14. The SMILES string of the molecule is CN=C(NCc1cc(F)cc(Br)c1)NC(C)CCS(C)(=O)=O. The summed E-state index contributed by atoms with van der Waals surface area (Å²) in [6, 6.07) is 4.61. The zero-order valence-electron chi connectivity index (χ0n) is 12.9. The van der Waals surface area contributed by atoms with Crippen LogP contribution in [0.2, 0.25) is 0 Å². The predicted molar refractivity (Wildman–Crippen MR) is 91.2 cm³/mol. The van der Waals surface area contributed by atoms with Crippen LogP contribution in [0, 0.1) is 5.82 Å². The van der Waals surface area contributed by atoms with Gasteiger partial charge >= 0.3 is 0 Å². The Balaban J connectivity index is 2.52. The van der Waals surface area contributed by atoms with Crippen molar-refractivity contribution in [3.8, 4) is 0 Å². The van der Waals surface area contributed by atoms with Gasteiger partial charge in [-0.2, -0.15) is 0 Å². The molecule has 22 heavy (non-hydrogen) atoms. The molecule has 1 atom stereocenters. The van der Waals surface area contributed by atoms with E-state index in [1.165, 1.54) is 18.4 Å². The number of hydrogen-bond donors (Lipinski definition) is 2. The number of sulfone groups is 1. The molecule has 1 unspecified atom stereocenters. The maximum absolute atomic E-state index is 13.3. The fourth-order valence-electron chi connectivity index (χ4n) is 1.79. The lowest BCUT2D eigenvalue weighted by Gasteiger charge is -2.17. The standard InChI is InChI=1S/C14H21BrFN3O2S/c1-10(4-5-22(3,20)21)19-14(17-2)18-9-11-6-12(15)8-13(16)7-11/h6-8,10H,4-5,9H2,1-3H3,(H2,17,18,19). The van der Waals surface area contributed by atoms with Gasteiger partial charge in [-0.15, -0.1) is 0 Å². The molecule has 0 heterocycles. The fourth-order valence-corrected chi connectivity index (χ4v) is 3.08. The minimum Gasteiger partial charge on any atom is -0.354 e. The number of nitrogens with one attached hydrogen (secondary N) is 2. The van der Waals surface area contributed by atoms with Crippen molar-refractivity contribution in [2.75, 3.05) is 19.1 Å². The van der Waals surface area contributed by atoms with Gasteiger partial charge in [0.25, 0.3) is 0 Å². The first-order valence-electron chi connectivity index (χ1n) is 6.79. The molecule has 0 spiro atoms. The lowest BCUT2D eigenvalue weighted by atomic mass is 10.2. The zero-order valence-corrected chi connectivity index (χ0v) is 15.3. The smallest absolute Gasteiger partial charge is 0.191 e. The van der Waals surface area contributed by atoms with Gasteiger partial charge < -0.3 is 10.6 Å². The minimum absolute atomic E-state index is 0.0415. The Bertz CT molecular complexity index is 615. The minimum atomic E-state index is -2.97. The van der Waals surface area contributed by atoms with Gasteiger partial charge in [0.05, 0.1) is 5.75 Å². The van der Waals surface area contributed by atoms with Crippen LogP contribution in [0.5, 0.6) is 0 Å². The molecule has 0 radical (unpaired) electrons. The molecule has 2 N–H and O–H groups in total. The maximum Gasteiger partial charge on any atom is 0.191 e. The van der Waals surface area contributed by atoms with Crippen molar-refractivity contribution >= 4 is 31.7 Å². The number of benzene rings is 1. The van der Waals surface area contributed by atoms with Crippen molar-refractivity contribution < 1.29 is 12.8 Å². The summed E-state index contributed by atoms with van der Waals surface area (Å²) in [6.45, 7) is 2.30. The Hall–Kier alpha value is -1.15. The molecule has 1 aromatic rings. The highest BCUT2D eigenvalue weighted by Gasteiger charge is 2.09. The van der Waals surface area contributed by atoms with Crippen LogP contribution in [0.4, 0.5) is 4.39 Å². The van der Waals surface area contributed by atoms with Crippen LogP contribution in [0.3, 0.4) is 0 Å². The van der Waals surface area contributed by atoms with Gasteiger partial charge in [0.2, 0.25) is 0 Å². The molecule has 124 valence electrons. The van der Waals surface area contributed by atoms with Crippen LogP contribution in [0.25, 0.3) is 0 Å². The average molecular weight is 394 g/mol. The highest BCUT2D eigenvalue weighted by molar-refractivity contribution is 9.10. The molecule has 0 bridgehead atoms. The molecule has 0 aromatic heterocycles. The third-order valence-electron chi connectivity index (χ3n) is 2.91. The predicted octanol–water partition coefficient (Wildman–Crippen LogP) is 2.08. The Morgan fingerprint density at radius 1 is 1.41 bits per heavy atom. The van der Waals surface area contributed by atoms with E-state index in [-0.39, 0.29) is 17.6 Å². The third kappa shape index (κ3) is 7.74. The number of halogens is 2. The van der Waals surface area contributed by atoms with E-state index >= 15 is 0 Å². The van der Waals surface area contributed by atoms with Crippen molar-refractivity contribution in [2.45, 2.75) is 25.9 Å². The summed E-state index contributed by atoms with van der Waals surface area (Å²) in [6.07, 6.45) is 1.71. The number of guanidine groups is 1. The summed E-state index contributed by atoms with van der Waals surface area (Å²) in [5.74, 6) is 0.353. The molecule has 0 aliphatic carbocycles. The van der Waals surface area contributed by atoms with Crippen molar-refractivity contribution in [3.05, 3.63) is 34.1 Å². The Kier molecular flexibility index (Phi) is 7.28. The summed E-state index contributed by atoms with van der Waals surface area (Å²) in [5, 5.41) is 6.18. The molecule has 0 aliphatic rings. The van der Waals surface area contributed by atoms with Crippen molar-refractivity contribution in [3.63, 3.8) is 0 Å². The van der Waals surface area contributed by atoms with E-state index in [4.69, 9.17) is 0 Å². The molecule has 0 aliphatic heterocycles. The lowest BCUT2D eigenvalue weighted by Crippen LogP contribution is -2.42. The average Bonchev–Trinajstić information content (AvgIpc) is 2.39. The maximum atomic E-state index is 13.3. The number of rotatable bonds is 6. The number of hydrogen-bond acceptors (Lipinski definition) is 3. The van der Waals surface area contributed by atoms with Crippen LogP contribution in [-0.2, 0) is 16.4 Å². The molecular formula is C14H21BrFN3O2S. The van der Waals surface area contributed by atoms with E-state index in [0.717, 1.165) is 5.56 Å². The van der Waals surface area contributed by atoms with Gasteiger partial charge in [-0.05, 0) is 37.1 Å². The number of nitrogens with zero attached hydrogens (tertiary/aromatic N) is 1. The zero-order chi connectivity index (χ0) is 16.8. The first-order valence-corrected chi connectivity index (χ1v) is 9.65. The van der Waals surface area contributed by atoms with E-state index in [1.807, 2.05) is 13.0 Å². The Morgan fingerprint density at radius 3 is 2.64 bits per heavy atom. The Morgan fingerprint density at radius 2 is 2.09 bits per heavy atom. The molecule has 1 rings (SSSR count).